The number of hydrogen-bond acceptors (Lipinski definition) is 1. The summed E-state index contributed by atoms with van der Waals surface area (Å²) in [6.07, 6.45) is 0.0844. The summed E-state index contributed by atoms with van der Waals surface area (Å²) in [6, 6.07) is 19.6. The first-order valence-electron chi connectivity index (χ1n) is 9.96. The maximum absolute atomic E-state index is 11.2. The lowest BCUT2D eigenvalue weighted by molar-refractivity contribution is -0.138. The molecule has 0 aliphatic rings. The zero-order valence-corrected chi connectivity index (χ0v) is 18.3. The van der Waals surface area contributed by atoms with E-state index in [-0.39, 0.29) is 6.42 Å². The smallest absolute Gasteiger partial charge is 0.304 e. The van der Waals surface area contributed by atoms with Gasteiger partial charge in [0, 0.05) is 5.41 Å². The Bertz CT molecular complexity index is 479. The zero-order valence-electron chi connectivity index (χ0n) is 18.3. The minimum atomic E-state index is -0.787. The highest BCUT2D eigenvalue weighted by Crippen LogP contribution is 2.35. The standard InChI is InChI=1S/C16H16O2.4C2H6/c1-16(12-15(17)18,13-8-4-2-5-9-13)14-10-6-3-7-11-14;4*1-2/h2-11H,12H2,1H3,(H,17,18);4*1-2H3. The van der Waals surface area contributed by atoms with Crippen molar-refractivity contribution in [2.24, 2.45) is 0 Å². The van der Waals surface area contributed by atoms with Crippen LogP contribution in [0.15, 0.2) is 60.7 Å². The van der Waals surface area contributed by atoms with Crippen molar-refractivity contribution in [2.45, 2.75) is 74.1 Å². The molecule has 1 N–H and O–H groups in total. The Morgan fingerprint density at radius 3 is 1.19 bits per heavy atom. The summed E-state index contributed by atoms with van der Waals surface area (Å²) in [4.78, 5) is 11.2. The molecule has 0 heterocycles. The molecule has 0 saturated carbocycles. The number of aliphatic carboxylic acids is 1. The zero-order chi connectivity index (χ0) is 21.0. The Kier molecular flexibility index (Phi) is 21.2. The molecule has 0 spiro atoms. The first-order chi connectivity index (χ1) is 12.6. The Morgan fingerprint density at radius 2 is 0.962 bits per heavy atom. The second kappa shape index (κ2) is 19.2. The lowest BCUT2D eigenvalue weighted by Gasteiger charge is -2.29. The van der Waals surface area contributed by atoms with Gasteiger partial charge in [-0.05, 0) is 11.1 Å². The van der Waals surface area contributed by atoms with E-state index in [9.17, 15) is 9.90 Å². The SMILES string of the molecule is CC.CC.CC.CC.CC(CC(=O)O)(c1ccccc1)c1ccccc1. The van der Waals surface area contributed by atoms with Crippen molar-refractivity contribution in [3.63, 3.8) is 0 Å². The maximum Gasteiger partial charge on any atom is 0.304 e. The fourth-order valence-corrected chi connectivity index (χ4v) is 2.29. The van der Waals surface area contributed by atoms with Crippen molar-refractivity contribution >= 4 is 5.97 Å². The van der Waals surface area contributed by atoms with Crippen LogP contribution in [0, 0.1) is 0 Å². The van der Waals surface area contributed by atoms with Gasteiger partial charge in [-0.2, -0.15) is 0 Å². The second-order valence-electron chi connectivity index (χ2n) is 4.63. The second-order valence-corrected chi connectivity index (χ2v) is 4.63. The van der Waals surface area contributed by atoms with Crippen LogP contribution >= 0.6 is 0 Å². The molecule has 2 heteroatoms. The molecule has 2 rings (SSSR count). The van der Waals surface area contributed by atoms with Gasteiger partial charge in [-0.25, -0.2) is 0 Å². The number of benzene rings is 2. The van der Waals surface area contributed by atoms with Gasteiger partial charge < -0.3 is 5.11 Å². The van der Waals surface area contributed by atoms with Crippen molar-refractivity contribution in [2.75, 3.05) is 0 Å². The van der Waals surface area contributed by atoms with E-state index >= 15 is 0 Å². The van der Waals surface area contributed by atoms with Crippen molar-refractivity contribution in [1.82, 2.24) is 0 Å². The van der Waals surface area contributed by atoms with Crippen molar-refractivity contribution in [3.8, 4) is 0 Å². The van der Waals surface area contributed by atoms with Crippen LogP contribution in [0.2, 0.25) is 0 Å². The number of carboxylic acid groups (broad SMARTS) is 1. The van der Waals surface area contributed by atoms with E-state index in [1.165, 1.54) is 0 Å². The van der Waals surface area contributed by atoms with Gasteiger partial charge in [0.05, 0.1) is 6.42 Å². The number of carboxylic acids is 1. The molecular weight excluding hydrogens is 320 g/mol. The van der Waals surface area contributed by atoms with Gasteiger partial charge in [-0.1, -0.05) is 123 Å². The lowest BCUT2D eigenvalue weighted by atomic mass is 9.74. The van der Waals surface area contributed by atoms with E-state index in [4.69, 9.17) is 0 Å². The molecule has 0 aliphatic heterocycles. The van der Waals surface area contributed by atoms with E-state index < -0.39 is 11.4 Å². The third-order valence-corrected chi connectivity index (χ3v) is 3.33. The molecular formula is C24H40O2. The van der Waals surface area contributed by atoms with E-state index in [0.29, 0.717) is 0 Å². The summed E-state index contributed by atoms with van der Waals surface area (Å²) in [5, 5.41) is 9.17. The van der Waals surface area contributed by atoms with Crippen LogP contribution in [0.4, 0.5) is 0 Å². The summed E-state index contributed by atoms with van der Waals surface area (Å²) in [7, 11) is 0. The fourth-order valence-electron chi connectivity index (χ4n) is 2.29. The van der Waals surface area contributed by atoms with Crippen molar-refractivity contribution in [3.05, 3.63) is 71.8 Å². The quantitative estimate of drug-likeness (QED) is 0.610. The predicted octanol–water partition coefficient (Wildman–Crippen LogP) is 7.57. The number of hydrogen-bond donors (Lipinski definition) is 1. The summed E-state index contributed by atoms with van der Waals surface area (Å²) in [5.41, 5.74) is 1.56. The van der Waals surface area contributed by atoms with Gasteiger partial charge >= 0.3 is 5.97 Å². The van der Waals surface area contributed by atoms with Gasteiger partial charge in [-0.15, -0.1) is 0 Å². The van der Waals surface area contributed by atoms with E-state index in [1.807, 2.05) is 123 Å². The third-order valence-electron chi connectivity index (χ3n) is 3.33. The molecule has 0 aliphatic carbocycles. The number of rotatable bonds is 4. The van der Waals surface area contributed by atoms with Crippen molar-refractivity contribution in [1.29, 1.82) is 0 Å². The molecule has 0 fully saturated rings. The van der Waals surface area contributed by atoms with Crippen LogP contribution in [0.25, 0.3) is 0 Å². The summed E-state index contributed by atoms with van der Waals surface area (Å²) in [6.45, 7) is 18.0. The van der Waals surface area contributed by atoms with E-state index in [2.05, 4.69) is 0 Å². The average molecular weight is 361 g/mol. The summed E-state index contributed by atoms with van der Waals surface area (Å²) in [5.74, 6) is -0.787. The Balaban J connectivity index is -0.000000585. The van der Waals surface area contributed by atoms with Crippen LogP contribution in [0.3, 0.4) is 0 Å². The molecule has 0 saturated heterocycles. The van der Waals surface area contributed by atoms with E-state index in [0.717, 1.165) is 11.1 Å². The molecule has 0 amide bonds. The topological polar surface area (TPSA) is 37.3 Å². The summed E-state index contributed by atoms with van der Waals surface area (Å²) < 4.78 is 0. The molecule has 0 unspecified atom stereocenters. The predicted molar refractivity (Wildman–Crippen MR) is 117 cm³/mol. The number of carbonyl (C=O) groups is 1. The molecule has 0 atom stereocenters. The van der Waals surface area contributed by atoms with Gasteiger partial charge in [-0.3, -0.25) is 4.79 Å². The molecule has 2 aromatic rings. The minimum absolute atomic E-state index is 0.0844. The Labute approximate surface area is 162 Å². The Hall–Kier alpha value is -2.09. The van der Waals surface area contributed by atoms with E-state index in [1.54, 1.807) is 0 Å². The highest BCUT2D eigenvalue weighted by atomic mass is 16.4. The fraction of sp³-hybridized carbons (Fsp3) is 0.458. The third kappa shape index (κ3) is 10.0. The highest BCUT2D eigenvalue weighted by molar-refractivity contribution is 5.70. The van der Waals surface area contributed by atoms with Crippen LogP contribution < -0.4 is 0 Å². The van der Waals surface area contributed by atoms with Gasteiger partial charge in [0.2, 0.25) is 0 Å². The highest BCUT2D eigenvalue weighted by Gasteiger charge is 2.31. The van der Waals surface area contributed by atoms with Crippen LogP contribution in [0.1, 0.15) is 79.9 Å². The lowest BCUT2D eigenvalue weighted by Crippen LogP contribution is -2.27. The Morgan fingerprint density at radius 1 is 0.692 bits per heavy atom. The summed E-state index contributed by atoms with van der Waals surface area (Å²) >= 11 is 0. The van der Waals surface area contributed by atoms with Gasteiger partial charge in [0.15, 0.2) is 0 Å². The molecule has 26 heavy (non-hydrogen) atoms. The maximum atomic E-state index is 11.2. The minimum Gasteiger partial charge on any atom is -0.481 e. The van der Waals surface area contributed by atoms with Crippen molar-refractivity contribution < 1.29 is 9.90 Å². The van der Waals surface area contributed by atoms with Crippen LogP contribution in [-0.2, 0) is 10.2 Å². The molecule has 0 bridgehead atoms. The largest absolute Gasteiger partial charge is 0.481 e. The normalized spacial score (nSPS) is 8.65. The molecule has 0 radical (unpaired) electrons. The van der Waals surface area contributed by atoms with Gasteiger partial charge in [0.25, 0.3) is 0 Å². The monoisotopic (exact) mass is 360 g/mol. The van der Waals surface area contributed by atoms with Crippen LogP contribution in [0.5, 0.6) is 0 Å². The molecule has 0 aromatic heterocycles. The first-order valence-corrected chi connectivity index (χ1v) is 9.96. The average Bonchev–Trinajstić information content (AvgIpc) is 2.75. The molecule has 2 aromatic carbocycles. The van der Waals surface area contributed by atoms with Crippen LogP contribution in [-0.4, -0.2) is 11.1 Å². The molecule has 2 nitrogen and oxygen atoms in total. The first kappa shape index (κ1) is 28.7. The molecule has 148 valence electrons. The van der Waals surface area contributed by atoms with Gasteiger partial charge in [0.1, 0.15) is 0 Å².